The van der Waals surface area contributed by atoms with Gasteiger partial charge in [-0.15, -0.1) is 0 Å². The third-order valence-corrected chi connectivity index (χ3v) is 11.9. The fourth-order valence-corrected chi connectivity index (χ4v) is 9.20. The van der Waals surface area contributed by atoms with E-state index in [2.05, 4.69) is 4.98 Å². The van der Waals surface area contributed by atoms with Gasteiger partial charge < -0.3 is 10.1 Å². The van der Waals surface area contributed by atoms with E-state index in [9.17, 15) is 23.1 Å². The average Bonchev–Trinajstić information content (AvgIpc) is 3.68. The summed E-state index contributed by atoms with van der Waals surface area (Å²) >= 11 is 0. The van der Waals surface area contributed by atoms with Gasteiger partial charge in [-0.05, 0) is 85.0 Å². The van der Waals surface area contributed by atoms with Crippen LogP contribution in [0.4, 0.5) is 8.78 Å². The molecule has 3 heterocycles. The van der Waals surface area contributed by atoms with Gasteiger partial charge >= 0.3 is 5.97 Å². The molecule has 0 saturated carbocycles. The number of fused-ring (bicyclic) bond motifs is 8. The van der Waals surface area contributed by atoms with E-state index in [4.69, 9.17) is 10.1 Å². The Labute approximate surface area is 289 Å². The van der Waals surface area contributed by atoms with Gasteiger partial charge in [0.2, 0.25) is 0 Å². The lowest BCUT2D eigenvalue weighted by Crippen LogP contribution is -2.29. The molecule has 1 atom stereocenters. The van der Waals surface area contributed by atoms with E-state index in [0.29, 0.717) is 42.4 Å². The highest BCUT2D eigenvalue weighted by atomic mass is 32.2. The van der Waals surface area contributed by atoms with Crippen molar-refractivity contribution in [2.45, 2.75) is 64.7 Å². The summed E-state index contributed by atoms with van der Waals surface area (Å²) in [7, 11) is -2.03. The number of carboxylic acids is 1. The lowest BCUT2D eigenvalue weighted by atomic mass is 9.75. The van der Waals surface area contributed by atoms with Crippen LogP contribution in [-0.2, 0) is 39.9 Å². The summed E-state index contributed by atoms with van der Waals surface area (Å²) < 4.78 is 60.1. The van der Waals surface area contributed by atoms with Gasteiger partial charge in [-0.3, -0.25) is 9.59 Å². The normalized spacial score (nSPS) is 19.4. The molecule has 4 bridgehead atoms. The molecule has 0 amide bonds. The molecular formula is C38H40F2N4O5S. The molecule has 5 aromatic rings. The Morgan fingerprint density at radius 3 is 2.58 bits per heavy atom. The number of benzene rings is 3. The van der Waals surface area contributed by atoms with Crippen LogP contribution < -0.4 is 0 Å². The van der Waals surface area contributed by atoms with E-state index in [-0.39, 0.29) is 52.4 Å². The van der Waals surface area contributed by atoms with Crippen LogP contribution in [0, 0.1) is 17.0 Å². The van der Waals surface area contributed by atoms with Crippen LogP contribution in [0.1, 0.15) is 84.9 Å². The lowest BCUT2D eigenvalue weighted by molar-refractivity contribution is -0.136. The SMILES string of the molecule is Cn1nc2nc1-c1cc(ccc1F)C(=O)c1c(F)cc3[nH]ccc3c1CCS(=O)(=O)CC(C)(C)CCCC2(C)c1cccc(CCC(=O)O)c1. The predicted molar refractivity (Wildman–Crippen MR) is 187 cm³/mol. The number of hydrogen-bond acceptors (Lipinski definition) is 6. The number of sulfone groups is 1. The van der Waals surface area contributed by atoms with Crippen LogP contribution >= 0.6 is 0 Å². The van der Waals surface area contributed by atoms with Crippen molar-refractivity contribution in [3.63, 3.8) is 0 Å². The van der Waals surface area contributed by atoms with Crippen molar-refractivity contribution in [3.05, 3.63) is 106 Å². The second-order valence-electron chi connectivity index (χ2n) is 14.3. The summed E-state index contributed by atoms with van der Waals surface area (Å²) in [6, 6.07) is 14.3. The van der Waals surface area contributed by atoms with Crippen molar-refractivity contribution >= 4 is 32.5 Å². The average molecular weight is 703 g/mol. The fourth-order valence-electron chi connectivity index (χ4n) is 7.21. The van der Waals surface area contributed by atoms with E-state index in [1.54, 1.807) is 19.3 Å². The number of carbonyl (C=O) groups is 2. The third-order valence-electron chi connectivity index (χ3n) is 9.86. The number of ketones is 1. The quantitative estimate of drug-likeness (QED) is 0.207. The maximum atomic E-state index is 15.8. The topological polar surface area (TPSA) is 135 Å². The van der Waals surface area contributed by atoms with E-state index in [0.717, 1.165) is 17.2 Å². The number of H-pyrrole nitrogens is 1. The number of aromatic amines is 1. The molecule has 6 rings (SSSR count). The van der Waals surface area contributed by atoms with Crippen molar-refractivity contribution in [1.82, 2.24) is 19.7 Å². The zero-order valence-electron chi connectivity index (χ0n) is 28.5. The van der Waals surface area contributed by atoms with Gasteiger partial charge in [-0.25, -0.2) is 26.9 Å². The molecule has 50 heavy (non-hydrogen) atoms. The fraction of sp³-hybridized carbons (Fsp3) is 0.368. The number of nitrogens with zero attached hydrogens (tertiary/aromatic N) is 3. The molecule has 3 aromatic carbocycles. The molecule has 1 aliphatic rings. The Hall–Kier alpha value is -4.71. The highest BCUT2D eigenvalue weighted by Gasteiger charge is 2.36. The first-order valence-corrected chi connectivity index (χ1v) is 18.5. The van der Waals surface area contributed by atoms with Crippen LogP contribution in [0.3, 0.4) is 0 Å². The minimum absolute atomic E-state index is 0.00386. The number of aryl methyl sites for hydroxylation is 3. The lowest BCUT2D eigenvalue weighted by Gasteiger charge is -2.30. The smallest absolute Gasteiger partial charge is 0.303 e. The summed E-state index contributed by atoms with van der Waals surface area (Å²) in [6.07, 6.45) is 3.48. The molecular weight excluding hydrogens is 663 g/mol. The molecule has 1 aliphatic heterocycles. The molecule has 1 unspecified atom stereocenters. The van der Waals surface area contributed by atoms with E-state index in [1.165, 1.54) is 22.9 Å². The first-order chi connectivity index (χ1) is 23.6. The Balaban J connectivity index is 1.53. The van der Waals surface area contributed by atoms with Gasteiger partial charge in [0, 0.05) is 36.1 Å². The van der Waals surface area contributed by atoms with Gasteiger partial charge in [-0.1, -0.05) is 44.5 Å². The summed E-state index contributed by atoms with van der Waals surface area (Å²) in [4.78, 5) is 33.2. The van der Waals surface area contributed by atoms with Crippen molar-refractivity contribution in [2.24, 2.45) is 12.5 Å². The number of aromatic nitrogens is 4. The molecule has 0 fully saturated rings. The second-order valence-corrected chi connectivity index (χ2v) is 16.5. The molecule has 12 heteroatoms. The Morgan fingerprint density at radius 1 is 1.04 bits per heavy atom. The molecule has 2 aromatic heterocycles. The molecule has 9 nitrogen and oxygen atoms in total. The monoisotopic (exact) mass is 702 g/mol. The summed E-state index contributed by atoms with van der Waals surface area (Å²) in [5.41, 5.74) is 0.701. The zero-order valence-corrected chi connectivity index (χ0v) is 29.3. The van der Waals surface area contributed by atoms with Crippen LogP contribution in [0.25, 0.3) is 22.3 Å². The number of hydrogen-bond donors (Lipinski definition) is 2. The van der Waals surface area contributed by atoms with Gasteiger partial charge in [-0.2, -0.15) is 5.10 Å². The number of aliphatic carboxylic acids is 1. The maximum absolute atomic E-state index is 15.8. The Bertz CT molecular complexity index is 2240. The summed E-state index contributed by atoms with van der Waals surface area (Å²) in [5.74, 6) is -2.89. The minimum atomic E-state index is -3.66. The second kappa shape index (κ2) is 13.2. The molecule has 0 spiro atoms. The summed E-state index contributed by atoms with van der Waals surface area (Å²) in [5, 5.41) is 14.6. The predicted octanol–water partition coefficient (Wildman–Crippen LogP) is 6.96. The molecule has 0 aliphatic carbocycles. The molecule has 262 valence electrons. The van der Waals surface area contributed by atoms with Crippen molar-refractivity contribution < 1.29 is 31.9 Å². The number of carboxylic acid groups (broad SMARTS) is 1. The van der Waals surface area contributed by atoms with Crippen molar-refractivity contribution in [2.75, 3.05) is 11.5 Å². The van der Waals surface area contributed by atoms with E-state index in [1.807, 2.05) is 45.0 Å². The zero-order chi connectivity index (χ0) is 36.0. The van der Waals surface area contributed by atoms with E-state index < -0.39 is 44.1 Å². The van der Waals surface area contributed by atoms with Crippen molar-refractivity contribution in [1.29, 1.82) is 0 Å². The first kappa shape index (κ1) is 35.1. The number of carbonyl (C=O) groups excluding carboxylic acids is 1. The molecule has 2 N–H and O–H groups in total. The standard InChI is InChI=1S/C38H40F2N4O5S/c1-37(2)15-6-16-38(3,25-8-5-7-23(19-25)9-12-32(45)46)36-42-35(44(4)43-36)28-20-24(10-11-29(28)39)34(47)33-27(14-18-50(48,49)22-37)26-13-17-41-31(26)21-30(33)40/h5,7-8,10-11,13,17,19-21,41H,6,9,12,14-16,18,22H2,1-4H3,(H,45,46). The van der Waals surface area contributed by atoms with Gasteiger partial charge in [0.15, 0.2) is 27.3 Å². The van der Waals surface area contributed by atoms with Gasteiger partial charge in [0.25, 0.3) is 0 Å². The minimum Gasteiger partial charge on any atom is -0.481 e. The molecule has 0 radical (unpaired) electrons. The van der Waals surface area contributed by atoms with Crippen LogP contribution in [0.5, 0.6) is 0 Å². The van der Waals surface area contributed by atoms with Crippen LogP contribution in [0.15, 0.2) is 60.8 Å². The Morgan fingerprint density at radius 2 is 1.82 bits per heavy atom. The van der Waals surface area contributed by atoms with E-state index >= 15 is 8.78 Å². The van der Waals surface area contributed by atoms with Crippen molar-refractivity contribution in [3.8, 4) is 11.4 Å². The Kier molecular flexibility index (Phi) is 9.28. The van der Waals surface area contributed by atoms with Crippen LogP contribution in [-0.4, -0.2) is 56.5 Å². The number of halogens is 2. The highest BCUT2D eigenvalue weighted by molar-refractivity contribution is 7.91. The van der Waals surface area contributed by atoms with Gasteiger partial charge in [0.05, 0.1) is 28.0 Å². The van der Waals surface area contributed by atoms with Gasteiger partial charge in [0.1, 0.15) is 11.6 Å². The largest absolute Gasteiger partial charge is 0.481 e. The maximum Gasteiger partial charge on any atom is 0.303 e. The number of nitrogens with one attached hydrogen (secondary N) is 1. The number of rotatable bonds is 4. The third kappa shape index (κ3) is 6.98. The first-order valence-electron chi connectivity index (χ1n) is 16.6. The molecule has 0 saturated heterocycles. The van der Waals surface area contributed by atoms with Crippen LogP contribution in [0.2, 0.25) is 0 Å². The highest BCUT2D eigenvalue weighted by Crippen LogP contribution is 2.39. The summed E-state index contributed by atoms with van der Waals surface area (Å²) in [6.45, 7) is 5.78.